The maximum absolute atomic E-state index is 12.9. The highest BCUT2D eigenvalue weighted by Crippen LogP contribution is 2.33. The summed E-state index contributed by atoms with van der Waals surface area (Å²) in [6.45, 7) is 1.62. The Morgan fingerprint density at radius 2 is 1.38 bits per heavy atom. The normalized spacial score (nSPS) is 18.8. The summed E-state index contributed by atoms with van der Waals surface area (Å²) in [4.78, 5) is 12.2. The second-order valence-corrected chi connectivity index (χ2v) is 8.31. The largest absolute Gasteiger partial charge is 0.434 e. The first-order valence-electron chi connectivity index (χ1n) is 10.9. The van der Waals surface area contributed by atoms with Gasteiger partial charge in [0.25, 0.3) is 0 Å². The van der Waals surface area contributed by atoms with Crippen molar-refractivity contribution in [1.29, 1.82) is 0 Å². The van der Waals surface area contributed by atoms with Gasteiger partial charge in [-0.05, 0) is 30.4 Å². The molecule has 1 fully saturated rings. The highest BCUT2D eigenvalue weighted by molar-refractivity contribution is 5.37. The molecule has 1 aromatic heterocycles. The topological polar surface area (TPSA) is 32.3 Å². The number of halogens is 3. The first-order chi connectivity index (χ1) is 15.4. The molecular formula is C25H27F3N4. The third-order valence-electron chi connectivity index (χ3n) is 6.16. The van der Waals surface area contributed by atoms with Gasteiger partial charge in [-0.15, -0.1) is 0 Å². The van der Waals surface area contributed by atoms with Crippen molar-refractivity contribution in [3.63, 3.8) is 0 Å². The van der Waals surface area contributed by atoms with E-state index in [1.807, 2.05) is 48.3 Å². The zero-order valence-corrected chi connectivity index (χ0v) is 18.0. The van der Waals surface area contributed by atoms with Crippen molar-refractivity contribution in [2.45, 2.75) is 50.6 Å². The first kappa shape index (κ1) is 22.3. The predicted molar refractivity (Wildman–Crippen MR) is 119 cm³/mol. The molecule has 4 nitrogen and oxygen atoms in total. The van der Waals surface area contributed by atoms with Crippen LogP contribution >= 0.6 is 0 Å². The molecule has 0 amide bonds. The summed E-state index contributed by atoms with van der Waals surface area (Å²) in [5.74, 6) is 0.467. The van der Waals surface area contributed by atoms with Gasteiger partial charge in [0.05, 0.1) is 12.4 Å². The van der Waals surface area contributed by atoms with E-state index in [1.54, 1.807) is 0 Å². The van der Waals surface area contributed by atoms with Crippen LogP contribution in [0, 0.1) is 0 Å². The summed E-state index contributed by atoms with van der Waals surface area (Å²) in [7, 11) is 1.91. The third kappa shape index (κ3) is 5.27. The zero-order chi connectivity index (χ0) is 22.6. The lowest BCUT2D eigenvalue weighted by molar-refractivity contribution is -0.141. The standard InChI is InChI=1S/C25H27F3N4/c1-31(24-16-29-23(15-30-24)25(26,27)28)21-13-8-14-22(21)32(17-19-9-4-2-5-10-19)18-20-11-6-3-7-12-20/h2-7,9-12,15-16,21-22H,8,13-14,17-18H2,1H3. The zero-order valence-electron chi connectivity index (χ0n) is 18.0. The molecule has 4 rings (SSSR count). The fraction of sp³-hybridized carbons (Fsp3) is 0.360. The average molecular weight is 441 g/mol. The molecule has 2 aromatic carbocycles. The highest BCUT2D eigenvalue weighted by Gasteiger charge is 2.36. The monoisotopic (exact) mass is 440 g/mol. The minimum Gasteiger partial charge on any atom is -0.354 e. The molecule has 32 heavy (non-hydrogen) atoms. The Labute approximate surface area is 186 Å². The van der Waals surface area contributed by atoms with E-state index in [2.05, 4.69) is 39.1 Å². The number of nitrogens with zero attached hydrogens (tertiary/aromatic N) is 4. The molecule has 1 heterocycles. The number of alkyl halides is 3. The summed E-state index contributed by atoms with van der Waals surface area (Å²) < 4.78 is 38.6. The Hall–Kier alpha value is -2.93. The van der Waals surface area contributed by atoms with Gasteiger partial charge in [-0.2, -0.15) is 13.2 Å². The number of aromatic nitrogens is 2. The van der Waals surface area contributed by atoms with Gasteiger partial charge in [-0.3, -0.25) is 4.90 Å². The Bertz CT molecular complexity index is 936. The summed E-state index contributed by atoms with van der Waals surface area (Å²) >= 11 is 0. The van der Waals surface area contributed by atoms with Gasteiger partial charge in [0.1, 0.15) is 5.82 Å². The van der Waals surface area contributed by atoms with E-state index in [1.165, 1.54) is 17.3 Å². The van der Waals surface area contributed by atoms with Gasteiger partial charge >= 0.3 is 6.18 Å². The highest BCUT2D eigenvalue weighted by atomic mass is 19.4. The molecular weight excluding hydrogens is 413 g/mol. The lowest BCUT2D eigenvalue weighted by Crippen LogP contribution is -2.47. The van der Waals surface area contributed by atoms with Crippen LogP contribution in [0.4, 0.5) is 19.0 Å². The molecule has 0 aliphatic heterocycles. The van der Waals surface area contributed by atoms with Crippen LogP contribution in [-0.4, -0.2) is 34.0 Å². The van der Waals surface area contributed by atoms with E-state index in [0.717, 1.165) is 38.5 Å². The van der Waals surface area contributed by atoms with Crippen molar-refractivity contribution in [2.75, 3.05) is 11.9 Å². The molecule has 1 aliphatic carbocycles. The molecule has 7 heteroatoms. The molecule has 1 aliphatic rings. The van der Waals surface area contributed by atoms with Crippen LogP contribution in [0.2, 0.25) is 0 Å². The Balaban J connectivity index is 1.57. The molecule has 1 saturated carbocycles. The van der Waals surface area contributed by atoms with Crippen LogP contribution in [0.1, 0.15) is 36.1 Å². The molecule has 3 aromatic rings. The van der Waals surface area contributed by atoms with Crippen LogP contribution in [0.3, 0.4) is 0 Å². The van der Waals surface area contributed by atoms with E-state index in [4.69, 9.17) is 0 Å². The van der Waals surface area contributed by atoms with Crippen LogP contribution in [0.15, 0.2) is 73.1 Å². The number of hydrogen-bond acceptors (Lipinski definition) is 4. The SMILES string of the molecule is CN(c1cnc(C(F)(F)F)cn1)C1CCCC1N(Cc1ccccc1)Cc1ccccc1. The van der Waals surface area contributed by atoms with Crippen molar-refractivity contribution in [2.24, 2.45) is 0 Å². The Kier molecular flexibility index (Phi) is 6.74. The number of hydrogen-bond donors (Lipinski definition) is 0. The molecule has 168 valence electrons. The maximum Gasteiger partial charge on any atom is 0.434 e. The third-order valence-corrected chi connectivity index (χ3v) is 6.16. The predicted octanol–water partition coefficient (Wildman–Crippen LogP) is 5.56. The molecule has 0 spiro atoms. The molecule has 0 saturated heterocycles. The van der Waals surface area contributed by atoms with E-state index < -0.39 is 11.9 Å². The minimum atomic E-state index is -4.48. The first-order valence-corrected chi connectivity index (χ1v) is 10.9. The lowest BCUT2D eigenvalue weighted by Gasteiger charge is -2.38. The molecule has 2 atom stereocenters. The average Bonchev–Trinajstić information content (AvgIpc) is 3.29. The summed E-state index contributed by atoms with van der Waals surface area (Å²) in [5, 5.41) is 0. The van der Waals surface area contributed by atoms with Gasteiger partial charge in [0, 0.05) is 32.2 Å². The van der Waals surface area contributed by atoms with Crippen molar-refractivity contribution < 1.29 is 13.2 Å². The maximum atomic E-state index is 12.9. The van der Waals surface area contributed by atoms with Crippen molar-refractivity contribution >= 4 is 5.82 Å². The second kappa shape index (κ2) is 9.69. The van der Waals surface area contributed by atoms with Gasteiger partial charge in [0.15, 0.2) is 5.69 Å². The summed E-state index contributed by atoms with van der Waals surface area (Å²) in [5.41, 5.74) is 1.52. The van der Waals surface area contributed by atoms with E-state index in [9.17, 15) is 13.2 Å². The van der Waals surface area contributed by atoms with Gasteiger partial charge in [0.2, 0.25) is 0 Å². The number of likely N-dealkylation sites (N-methyl/N-ethyl adjacent to an activating group) is 1. The lowest BCUT2D eigenvalue weighted by atomic mass is 10.1. The minimum absolute atomic E-state index is 0.147. The van der Waals surface area contributed by atoms with Crippen LogP contribution in [0.5, 0.6) is 0 Å². The fourth-order valence-electron chi connectivity index (χ4n) is 4.54. The quantitative estimate of drug-likeness (QED) is 0.482. The smallest absolute Gasteiger partial charge is 0.354 e. The van der Waals surface area contributed by atoms with Gasteiger partial charge in [-0.25, -0.2) is 9.97 Å². The summed E-state index contributed by atoms with van der Waals surface area (Å²) in [6, 6.07) is 21.1. The van der Waals surface area contributed by atoms with Crippen molar-refractivity contribution in [3.05, 3.63) is 89.9 Å². The fourth-order valence-corrected chi connectivity index (χ4v) is 4.54. The molecule has 0 bridgehead atoms. The number of benzene rings is 2. The van der Waals surface area contributed by atoms with Crippen molar-refractivity contribution in [3.8, 4) is 0 Å². The van der Waals surface area contributed by atoms with Gasteiger partial charge < -0.3 is 4.90 Å². The Morgan fingerprint density at radius 1 is 0.812 bits per heavy atom. The summed E-state index contributed by atoms with van der Waals surface area (Å²) in [6.07, 6.45) is 0.626. The van der Waals surface area contributed by atoms with E-state index in [0.29, 0.717) is 5.82 Å². The Morgan fingerprint density at radius 3 is 1.88 bits per heavy atom. The number of rotatable bonds is 7. The van der Waals surface area contributed by atoms with Crippen LogP contribution in [-0.2, 0) is 19.3 Å². The van der Waals surface area contributed by atoms with E-state index in [-0.39, 0.29) is 12.1 Å². The second-order valence-electron chi connectivity index (χ2n) is 8.31. The van der Waals surface area contributed by atoms with Gasteiger partial charge in [-0.1, -0.05) is 60.7 Å². The van der Waals surface area contributed by atoms with E-state index >= 15 is 0 Å². The number of anilines is 1. The molecule has 0 radical (unpaired) electrons. The van der Waals surface area contributed by atoms with Crippen LogP contribution in [0.25, 0.3) is 0 Å². The van der Waals surface area contributed by atoms with Crippen molar-refractivity contribution in [1.82, 2.24) is 14.9 Å². The van der Waals surface area contributed by atoms with Crippen LogP contribution < -0.4 is 4.90 Å². The molecule has 2 unspecified atom stereocenters. The molecule has 0 N–H and O–H groups in total.